The Morgan fingerprint density at radius 1 is 1.21 bits per heavy atom. The van der Waals surface area contributed by atoms with Gasteiger partial charge in [0.05, 0.1) is 5.75 Å². The lowest BCUT2D eigenvalue weighted by Crippen LogP contribution is -2.13. The van der Waals surface area contributed by atoms with E-state index in [4.69, 9.17) is 4.42 Å². The highest BCUT2D eigenvalue weighted by Gasteiger charge is 2.11. The number of benzene rings is 2. The molecule has 0 radical (unpaired) electrons. The molecule has 0 atom stereocenters. The third-order valence-corrected chi connectivity index (χ3v) is 3.77. The second kappa shape index (κ2) is 7.14. The molecular weight excluding hydrogens is 333 g/mol. The zero-order chi connectivity index (χ0) is 16.9. The van der Waals surface area contributed by atoms with Crippen LogP contribution in [0.5, 0.6) is 5.75 Å². The van der Waals surface area contributed by atoms with Crippen LogP contribution in [0.1, 0.15) is 0 Å². The van der Waals surface area contributed by atoms with Gasteiger partial charge in [-0.1, -0.05) is 17.8 Å². The second-order valence-electron chi connectivity index (χ2n) is 4.77. The van der Waals surface area contributed by atoms with Crippen molar-refractivity contribution < 1.29 is 18.7 Å². The van der Waals surface area contributed by atoms with Gasteiger partial charge in [0.1, 0.15) is 11.6 Å². The molecular formula is C16H12FN3O3S. The normalized spacial score (nSPS) is 10.5. The van der Waals surface area contributed by atoms with E-state index >= 15 is 0 Å². The van der Waals surface area contributed by atoms with Crippen molar-refractivity contribution in [3.8, 4) is 17.2 Å². The smallest absolute Gasteiger partial charge is 0.277 e. The average molecular weight is 345 g/mol. The van der Waals surface area contributed by atoms with Crippen molar-refractivity contribution in [3.05, 3.63) is 54.3 Å². The first-order valence-corrected chi connectivity index (χ1v) is 7.90. The number of nitrogens with one attached hydrogen (secondary N) is 1. The fourth-order valence-corrected chi connectivity index (χ4v) is 2.45. The maximum atomic E-state index is 12.9. The number of hydrogen-bond donors (Lipinski definition) is 2. The van der Waals surface area contributed by atoms with Crippen LogP contribution in [0.15, 0.2) is 58.2 Å². The van der Waals surface area contributed by atoms with Gasteiger partial charge < -0.3 is 14.8 Å². The quantitative estimate of drug-likeness (QED) is 0.690. The molecule has 1 heterocycles. The van der Waals surface area contributed by atoms with E-state index in [0.717, 1.165) is 11.8 Å². The van der Waals surface area contributed by atoms with Crippen molar-refractivity contribution in [3.63, 3.8) is 0 Å². The van der Waals surface area contributed by atoms with Gasteiger partial charge >= 0.3 is 0 Å². The first-order valence-electron chi connectivity index (χ1n) is 6.91. The summed E-state index contributed by atoms with van der Waals surface area (Å²) in [5.41, 5.74) is 1.10. The van der Waals surface area contributed by atoms with Crippen molar-refractivity contribution in [1.82, 2.24) is 10.2 Å². The molecule has 3 rings (SSSR count). The molecule has 1 aromatic heterocycles. The van der Waals surface area contributed by atoms with Crippen molar-refractivity contribution in [2.24, 2.45) is 0 Å². The van der Waals surface area contributed by atoms with Gasteiger partial charge in [0.2, 0.25) is 11.8 Å². The molecule has 1 amide bonds. The van der Waals surface area contributed by atoms with E-state index in [1.807, 2.05) is 0 Å². The first kappa shape index (κ1) is 16.0. The number of carbonyl (C=O) groups is 1. The summed E-state index contributed by atoms with van der Waals surface area (Å²) >= 11 is 1.08. The van der Waals surface area contributed by atoms with Crippen molar-refractivity contribution in [2.75, 3.05) is 11.1 Å². The van der Waals surface area contributed by atoms with Crippen molar-refractivity contribution in [2.45, 2.75) is 5.22 Å². The van der Waals surface area contributed by atoms with Crippen LogP contribution in [0.4, 0.5) is 10.1 Å². The Morgan fingerprint density at radius 3 is 2.75 bits per heavy atom. The number of carbonyl (C=O) groups excluding carboxylic acids is 1. The number of nitrogens with zero attached hydrogens (tertiary/aromatic N) is 2. The molecule has 2 aromatic carbocycles. The third-order valence-electron chi connectivity index (χ3n) is 2.95. The van der Waals surface area contributed by atoms with Gasteiger partial charge in [0.15, 0.2) is 0 Å². The van der Waals surface area contributed by atoms with Crippen LogP contribution in [-0.2, 0) is 4.79 Å². The van der Waals surface area contributed by atoms with Crippen LogP contribution in [-0.4, -0.2) is 27.0 Å². The maximum Gasteiger partial charge on any atom is 0.277 e. The molecule has 0 saturated carbocycles. The number of rotatable bonds is 5. The molecule has 0 unspecified atom stereocenters. The minimum atomic E-state index is -0.350. The van der Waals surface area contributed by atoms with Gasteiger partial charge in [0.25, 0.3) is 5.22 Å². The molecule has 0 aliphatic heterocycles. The maximum absolute atomic E-state index is 12.9. The first-order chi connectivity index (χ1) is 11.6. The zero-order valence-corrected chi connectivity index (χ0v) is 13.1. The molecule has 6 nitrogen and oxygen atoms in total. The Bertz CT molecular complexity index is 852. The second-order valence-corrected chi connectivity index (χ2v) is 5.69. The molecule has 122 valence electrons. The lowest BCUT2D eigenvalue weighted by atomic mass is 10.2. The number of amides is 1. The molecule has 8 heteroatoms. The van der Waals surface area contributed by atoms with Gasteiger partial charge in [0, 0.05) is 17.3 Å². The van der Waals surface area contributed by atoms with Crippen molar-refractivity contribution in [1.29, 1.82) is 0 Å². The number of thioether (sulfide) groups is 1. The Morgan fingerprint density at radius 2 is 2.00 bits per heavy atom. The summed E-state index contributed by atoms with van der Waals surface area (Å²) in [5.74, 6) is -0.225. The van der Waals surface area contributed by atoms with E-state index < -0.39 is 0 Å². The average Bonchev–Trinajstić information content (AvgIpc) is 3.03. The summed E-state index contributed by atoms with van der Waals surface area (Å²) < 4.78 is 18.3. The summed E-state index contributed by atoms with van der Waals surface area (Å²) in [4.78, 5) is 11.9. The van der Waals surface area contributed by atoms with Gasteiger partial charge in [-0.05, 0) is 36.4 Å². The van der Waals surface area contributed by atoms with Crippen LogP contribution in [0.2, 0.25) is 0 Å². The molecule has 0 spiro atoms. The molecule has 0 aliphatic carbocycles. The summed E-state index contributed by atoms with van der Waals surface area (Å²) in [7, 11) is 0. The highest BCUT2D eigenvalue weighted by molar-refractivity contribution is 7.99. The van der Waals surface area contributed by atoms with Crippen LogP contribution < -0.4 is 5.32 Å². The SMILES string of the molecule is O=C(CSc1nnc(-c2ccc(F)cc2)o1)Nc1cccc(O)c1. The lowest BCUT2D eigenvalue weighted by Gasteiger charge is -2.03. The fraction of sp³-hybridized carbons (Fsp3) is 0.0625. The summed E-state index contributed by atoms with van der Waals surface area (Å²) in [5, 5.41) is 19.9. The van der Waals surface area contributed by atoms with Gasteiger partial charge in [-0.3, -0.25) is 4.79 Å². The van der Waals surface area contributed by atoms with Crippen LogP contribution in [0.25, 0.3) is 11.5 Å². The van der Waals surface area contributed by atoms with Gasteiger partial charge in [-0.2, -0.15) is 0 Å². The molecule has 0 fully saturated rings. The third kappa shape index (κ3) is 4.11. The Balaban J connectivity index is 1.57. The largest absolute Gasteiger partial charge is 0.508 e. The summed E-state index contributed by atoms with van der Waals surface area (Å²) in [6.07, 6.45) is 0. The topological polar surface area (TPSA) is 88.2 Å². The number of phenolic OH excluding ortho intramolecular Hbond substituents is 1. The molecule has 0 bridgehead atoms. The number of hydrogen-bond acceptors (Lipinski definition) is 6. The highest BCUT2D eigenvalue weighted by atomic mass is 32.2. The van der Waals surface area contributed by atoms with Gasteiger partial charge in [-0.15, -0.1) is 10.2 Å². The summed E-state index contributed by atoms with van der Waals surface area (Å²) in [6, 6.07) is 11.9. The summed E-state index contributed by atoms with van der Waals surface area (Å²) in [6.45, 7) is 0. The predicted molar refractivity (Wildman–Crippen MR) is 87.2 cm³/mol. The highest BCUT2D eigenvalue weighted by Crippen LogP contribution is 2.23. The molecule has 0 aliphatic rings. The number of aromatic hydroxyl groups is 1. The fourth-order valence-electron chi connectivity index (χ4n) is 1.89. The van der Waals surface area contributed by atoms with Crippen LogP contribution >= 0.6 is 11.8 Å². The molecule has 24 heavy (non-hydrogen) atoms. The van der Waals surface area contributed by atoms with E-state index in [0.29, 0.717) is 11.3 Å². The number of anilines is 1. The number of halogens is 1. The van der Waals surface area contributed by atoms with Crippen LogP contribution in [0.3, 0.4) is 0 Å². The zero-order valence-electron chi connectivity index (χ0n) is 12.3. The van der Waals surface area contributed by atoms with E-state index in [1.165, 1.54) is 36.4 Å². The monoisotopic (exact) mass is 345 g/mol. The molecule has 3 aromatic rings. The molecule has 2 N–H and O–H groups in total. The standard InChI is InChI=1S/C16H12FN3O3S/c17-11-6-4-10(5-7-11)15-19-20-16(23-15)24-9-14(22)18-12-2-1-3-13(21)8-12/h1-8,21H,9H2,(H,18,22). The minimum Gasteiger partial charge on any atom is -0.508 e. The predicted octanol–water partition coefficient (Wildman–Crippen LogP) is 3.31. The lowest BCUT2D eigenvalue weighted by molar-refractivity contribution is -0.113. The number of aromatic nitrogens is 2. The minimum absolute atomic E-state index is 0.0701. The Labute approximate surface area is 140 Å². The van der Waals surface area contributed by atoms with E-state index in [9.17, 15) is 14.3 Å². The Kier molecular flexibility index (Phi) is 4.76. The Hall–Kier alpha value is -2.87. The van der Waals surface area contributed by atoms with E-state index in [2.05, 4.69) is 15.5 Å². The molecule has 0 saturated heterocycles. The van der Waals surface area contributed by atoms with Gasteiger partial charge in [-0.25, -0.2) is 4.39 Å². The van der Waals surface area contributed by atoms with Crippen LogP contribution in [0, 0.1) is 5.82 Å². The van der Waals surface area contributed by atoms with E-state index in [1.54, 1.807) is 12.1 Å². The number of phenols is 1. The van der Waals surface area contributed by atoms with E-state index in [-0.39, 0.29) is 34.3 Å². The van der Waals surface area contributed by atoms with Crippen molar-refractivity contribution >= 4 is 23.4 Å².